The highest BCUT2D eigenvalue weighted by Crippen LogP contribution is 2.27. The maximum atomic E-state index is 5.16. The molecule has 5 nitrogen and oxygen atoms in total. The van der Waals surface area contributed by atoms with Gasteiger partial charge in [-0.1, -0.05) is 46.0 Å². The van der Waals surface area contributed by atoms with Crippen molar-refractivity contribution in [2.45, 2.75) is 46.5 Å². The molecule has 0 aliphatic heterocycles. The number of methoxy groups -OCH3 is 1. The molecule has 2 heterocycles. The molecule has 21 heavy (non-hydrogen) atoms. The van der Waals surface area contributed by atoms with E-state index >= 15 is 0 Å². The van der Waals surface area contributed by atoms with E-state index in [4.69, 9.17) is 4.74 Å². The highest BCUT2D eigenvalue weighted by atomic mass is 32.1. The molecule has 0 saturated heterocycles. The Morgan fingerprint density at radius 1 is 1.29 bits per heavy atom. The van der Waals surface area contributed by atoms with Gasteiger partial charge in [0.15, 0.2) is 0 Å². The van der Waals surface area contributed by atoms with E-state index in [1.807, 2.05) is 10.7 Å². The van der Waals surface area contributed by atoms with Crippen LogP contribution in [0.2, 0.25) is 0 Å². The van der Waals surface area contributed by atoms with Gasteiger partial charge in [0, 0.05) is 25.7 Å². The molecule has 0 fully saturated rings. The average Bonchev–Trinajstić information content (AvgIpc) is 2.91. The van der Waals surface area contributed by atoms with E-state index in [0.717, 1.165) is 35.4 Å². The summed E-state index contributed by atoms with van der Waals surface area (Å²) in [5.41, 5.74) is 1.32. The fourth-order valence-corrected chi connectivity index (χ4v) is 2.69. The molecule has 2 aromatic rings. The number of hydrogen-bond acceptors (Lipinski definition) is 5. The van der Waals surface area contributed by atoms with Crippen LogP contribution in [0.4, 0.5) is 5.13 Å². The lowest BCUT2D eigenvalue weighted by Gasteiger charge is -2.24. The maximum absolute atomic E-state index is 5.16. The number of imidazole rings is 1. The van der Waals surface area contributed by atoms with Gasteiger partial charge in [-0.15, -0.1) is 5.10 Å². The second-order valence-corrected chi connectivity index (χ2v) is 8.23. The summed E-state index contributed by atoms with van der Waals surface area (Å²) in [5.74, 6) is 0. The number of nitrogens with one attached hydrogen (secondary N) is 1. The molecule has 0 aliphatic rings. The molecule has 118 valence electrons. The topological polar surface area (TPSA) is 51.5 Å². The maximum Gasteiger partial charge on any atom is 0.214 e. The Hall–Kier alpha value is -1.14. The van der Waals surface area contributed by atoms with Crippen LogP contribution in [0, 0.1) is 5.41 Å². The largest absolute Gasteiger partial charge is 0.385 e. The summed E-state index contributed by atoms with van der Waals surface area (Å²) in [5, 5.41) is 8.90. The van der Waals surface area contributed by atoms with Crippen LogP contribution in [0.1, 0.15) is 46.7 Å². The van der Waals surface area contributed by atoms with Crippen molar-refractivity contribution in [3.8, 4) is 0 Å². The third-order valence-electron chi connectivity index (χ3n) is 3.51. The van der Waals surface area contributed by atoms with Gasteiger partial charge in [-0.05, 0) is 11.8 Å². The lowest BCUT2D eigenvalue weighted by Crippen LogP contribution is -2.24. The minimum atomic E-state index is 0.0587. The summed E-state index contributed by atoms with van der Waals surface area (Å²) >= 11 is 1.60. The van der Waals surface area contributed by atoms with Gasteiger partial charge in [0.1, 0.15) is 0 Å². The third kappa shape index (κ3) is 4.17. The molecule has 0 bridgehead atoms. The fourth-order valence-electron chi connectivity index (χ4n) is 1.91. The zero-order chi connectivity index (χ0) is 15.7. The van der Waals surface area contributed by atoms with Crippen LogP contribution < -0.4 is 5.32 Å². The highest BCUT2D eigenvalue weighted by molar-refractivity contribution is 7.20. The van der Waals surface area contributed by atoms with Crippen molar-refractivity contribution in [3.05, 3.63) is 11.9 Å². The highest BCUT2D eigenvalue weighted by Gasteiger charge is 2.21. The second-order valence-electron chi connectivity index (χ2n) is 7.27. The summed E-state index contributed by atoms with van der Waals surface area (Å²) in [6.45, 7) is 12.6. The van der Waals surface area contributed by atoms with Crippen LogP contribution in [-0.4, -0.2) is 34.9 Å². The molecular formula is C15H26N4OS. The third-order valence-corrected chi connectivity index (χ3v) is 4.39. The van der Waals surface area contributed by atoms with E-state index < -0.39 is 0 Å². The Morgan fingerprint density at radius 3 is 2.57 bits per heavy atom. The Balaban J connectivity index is 2.02. The van der Waals surface area contributed by atoms with Gasteiger partial charge < -0.3 is 10.1 Å². The SMILES string of the molecule is COCCC(C)(C)CNc1nn2cc(C(C)(C)C)nc2s1. The van der Waals surface area contributed by atoms with Gasteiger partial charge in [-0.25, -0.2) is 9.50 Å². The van der Waals surface area contributed by atoms with E-state index in [2.05, 4.69) is 50.0 Å². The zero-order valence-electron chi connectivity index (χ0n) is 13.9. The van der Waals surface area contributed by atoms with Crippen LogP contribution in [0.25, 0.3) is 4.96 Å². The first-order valence-corrected chi connectivity index (χ1v) is 8.12. The van der Waals surface area contributed by atoms with Gasteiger partial charge in [-0.2, -0.15) is 0 Å². The van der Waals surface area contributed by atoms with Gasteiger partial charge >= 0.3 is 0 Å². The van der Waals surface area contributed by atoms with Crippen LogP contribution in [0.5, 0.6) is 0 Å². The predicted octanol–water partition coefficient (Wildman–Crippen LogP) is 3.56. The van der Waals surface area contributed by atoms with Crippen molar-refractivity contribution in [2.75, 3.05) is 25.6 Å². The first-order valence-electron chi connectivity index (χ1n) is 7.31. The van der Waals surface area contributed by atoms with Crippen LogP contribution in [0.15, 0.2) is 6.20 Å². The molecule has 2 rings (SSSR count). The van der Waals surface area contributed by atoms with E-state index in [-0.39, 0.29) is 10.8 Å². The van der Waals surface area contributed by atoms with Gasteiger partial charge in [0.05, 0.1) is 11.9 Å². The molecule has 0 unspecified atom stereocenters. The van der Waals surface area contributed by atoms with Crippen molar-refractivity contribution >= 4 is 21.4 Å². The molecule has 0 aromatic carbocycles. The average molecular weight is 310 g/mol. The lowest BCUT2D eigenvalue weighted by atomic mass is 9.90. The van der Waals surface area contributed by atoms with Crippen molar-refractivity contribution < 1.29 is 4.74 Å². The fraction of sp³-hybridized carbons (Fsp3) is 0.733. The minimum Gasteiger partial charge on any atom is -0.385 e. The second kappa shape index (κ2) is 5.93. The number of anilines is 1. The number of hydrogen-bond donors (Lipinski definition) is 1. The van der Waals surface area contributed by atoms with Crippen LogP contribution in [-0.2, 0) is 10.2 Å². The first kappa shape index (κ1) is 16.2. The minimum absolute atomic E-state index is 0.0587. The van der Waals surface area contributed by atoms with Crippen molar-refractivity contribution in [2.24, 2.45) is 5.41 Å². The van der Waals surface area contributed by atoms with E-state index in [9.17, 15) is 0 Å². The monoisotopic (exact) mass is 310 g/mol. The summed E-state index contributed by atoms with van der Waals surface area (Å²) in [6, 6.07) is 0. The molecule has 0 radical (unpaired) electrons. The van der Waals surface area contributed by atoms with Gasteiger partial charge in [0.2, 0.25) is 10.1 Å². The lowest BCUT2D eigenvalue weighted by molar-refractivity contribution is 0.157. The van der Waals surface area contributed by atoms with E-state index in [1.165, 1.54) is 0 Å². The quantitative estimate of drug-likeness (QED) is 0.886. The number of nitrogens with zero attached hydrogens (tertiary/aromatic N) is 3. The number of aromatic nitrogens is 3. The van der Waals surface area contributed by atoms with Gasteiger partial charge in [-0.3, -0.25) is 0 Å². The van der Waals surface area contributed by atoms with E-state index in [0.29, 0.717) is 0 Å². The Kier molecular flexibility index (Phi) is 4.58. The Bertz CT molecular complexity index is 563. The van der Waals surface area contributed by atoms with Crippen molar-refractivity contribution in [1.29, 1.82) is 0 Å². The molecule has 6 heteroatoms. The molecule has 0 amide bonds. The number of rotatable bonds is 6. The summed E-state index contributed by atoms with van der Waals surface area (Å²) < 4.78 is 7.03. The predicted molar refractivity (Wildman–Crippen MR) is 88.3 cm³/mol. The summed E-state index contributed by atoms with van der Waals surface area (Å²) in [4.78, 5) is 5.60. The number of fused-ring (bicyclic) bond motifs is 1. The van der Waals surface area contributed by atoms with Crippen LogP contribution >= 0.6 is 11.3 Å². The Morgan fingerprint density at radius 2 is 2.00 bits per heavy atom. The zero-order valence-corrected chi connectivity index (χ0v) is 14.7. The van der Waals surface area contributed by atoms with Crippen molar-refractivity contribution in [1.82, 2.24) is 14.6 Å². The molecular weight excluding hydrogens is 284 g/mol. The Labute approximate surface area is 130 Å². The molecule has 2 aromatic heterocycles. The standard InChI is InChI=1S/C15H26N4OS/c1-14(2,3)11-9-19-13(17-11)21-12(18-19)16-10-15(4,5)7-8-20-6/h9H,7-8,10H2,1-6H3,(H,16,18). The summed E-state index contributed by atoms with van der Waals surface area (Å²) in [7, 11) is 1.74. The van der Waals surface area contributed by atoms with Crippen LogP contribution in [0.3, 0.4) is 0 Å². The van der Waals surface area contributed by atoms with Gasteiger partial charge in [0.25, 0.3) is 0 Å². The van der Waals surface area contributed by atoms with Crippen molar-refractivity contribution in [3.63, 3.8) is 0 Å². The smallest absolute Gasteiger partial charge is 0.214 e. The first-order chi connectivity index (χ1) is 9.71. The normalized spacial score (nSPS) is 13.0. The molecule has 0 spiro atoms. The molecule has 0 atom stereocenters. The molecule has 0 aliphatic carbocycles. The number of ether oxygens (including phenoxy) is 1. The van der Waals surface area contributed by atoms with E-state index in [1.54, 1.807) is 18.4 Å². The molecule has 0 saturated carbocycles. The summed E-state index contributed by atoms with van der Waals surface area (Å²) in [6.07, 6.45) is 3.04. The molecule has 1 N–H and O–H groups in total.